The van der Waals surface area contributed by atoms with E-state index in [1.165, 1.54) is 20.1 Å². The number of piperazine rings is 1. The highest BCUT2D eigenvalue weighted by Crippen LogP contribution is 2.29. The predicted molar refractivity (Wildman–Crippen MR) is 470 cm³/mol. The first kappa shape index (κ1) is 102. The summed E-state index contributed by atoms with van der Waals surface area (Å²) in [5.41, 5.74) is 16.8. The van der Waals surface area contributed by atoms with Gasteiger partial charge in [-0.05, 0) is 101 Å². The molecule has 2 aliphatic rings. The molecule has 4 aromatic heterocycles. The highest BCUT2D eigenvalue weighted by atomic mass is 16.6. The molecule has 11 amide bonds. The molecule has 0 radical (unpaired) electrons. The Morgan fingerprint density at radius 2 is 0.985 bits per heavy atom. The molecule has 0 unspecified atom stereocenters. The van der Waals surface area contributed by atoms with Crippen molar-refractivity contribution in [2.75, 3.05) is 197 Å². The van der Waals surface area contributed by atoms with Crippen molar-refractivity contribution >= 4 is 92.9 Å². The number of ether oxygens (including phenoxy) is 13. The Morgan fingerprint density at radius 1 is 0.538 bits per heavy atom. The van der Waals surface area contributed by atoms with Crippen LogP contribution in [0, 0.1) is 19.8 Å². The van der Waals surface area contributed by atoms with E-state index in [0.29, 0.717) is 203 Å². The minimum Gasteiger partial charge on any atom is -0.494 e. The summed E-state index contributed by atoms with van der Waals surface area (Å²) in [6.07, 6.45) is 5.92. The Balaban J connectivity index is 0.607. The lowest BCUT2D eigenvalue weighted by atomic mass is 10.0. The van der Waals surface area contributed by atoms with Gasteiger partial charge >= 0.3 is 6.09 Å². The van der Waals surface area contributed by atoms with Crippen LogP contribution in [0.2, 0.25) is 0 Å². The van der Waals surface area contributed by atoms with Crippen LogP contribution in [-0.2, 0) is 114 Å². The number of H-pyrrole nitrogens is 2. The predicted octanol–water partition coefficient (Wildman–Crippen LogP) is 2.15. The summed E-state index contributed by atoms with van der Waals surface area (Å²) in [5.74, 6) is -5.20. The maximum Gasteiger partial charge on any atom is 0.410 e. The number of imide groups is 1. The van der Waals surface area contributed by atoms with Gasteiger partial charge in [-0.1, -0.05) is 38.1 Å². The summed E-state index contributed by atoms with van der Waals surface area (Å²) in [7, 11) is 1.45. The zero-order chi connectivity index (χ0) is 93.3. The van der Waals surface area contributed by atoms with Gasteiger partial charge in [0, 0.05) is 101 Å². The van der Waals surface area contributed by atoms with E-state index >= 15 is 0 Å². The Morgan fingerprint density at radius 3 is 1.43 bits per heavy atom. The van der Waals surface area contributed by atoms with Gasteiger partial charge in [0.25, 0.3) is 23.6 Å². The Bertz CT molecular complexity index is 5130. The van der Waals surface area contributed by atoms with Crippen molar-refractivity contribution in [3.05, 3.63) is 136 Å². The summed E-state index contributed by atoms with van der Waals surface area (Å²) in [6.45, 7) is 23.0. The molecule has 708 valence electrons. The third-order valence-corrected chi connectivity index (χ3v) is 20.2. The van der Waals surface area contributed by atoms with Gasteiger partial charge in [-0.3, -0.25) is 67.1 Å². The number of primary amides is 2. The summed E-state index contributed by atoms with van der Waals surface area (Å²) in [5, 5.41) is 19.7. The molecule has 0 aliphatic carbocycles. The first-order chi connectivity index (χ1) is 62.8. The van der Waals surface area contributed by atoms with Crippen LogP contribution in [0.15, 0.2) is 95.0 Å². The number of hydrogen-bond donors (Lipinski definition) is 8. The number of nitrogens with zero attached hydrogens (tertiary/aromatic N) is 11. The van der Waals surface area contributed by atoms with Gasteiger partial charge in [0.15, 0.2) is 0 Å². The SMILES string of the molecule is CCn1nc(C)cc1C(=O)N=c1[nH]c2cc(C(N)=O)cc(OC)c2n1C/C=C/Cn1c(=NC(=O)c2cc(C)nn2CC)[nH]c2cc(C(N)=O)cc(OCCCN3CCN(C(=O)OCc4ccc(NC(=O)[C@H](C)NC(=O)[C@@H](NC(=O)CCOCCOCCOCCOCCOCCOCCOCCOCCOCCOCCNC(=O)CN5C(=O)C=CC5=O)C(C)C)cc4)CC3)c21. The monoisotopic (exact) mass is 1820 g/mol. The summed E-state index contributed by atoms with van der Waals surface area (Å²) in [6, 6.07) is 14.3. The van der Waals surface area contributed by atoms with Crippen molar-refractivity contribution in [3.63, 3.8) is 0 Å². The number of benzene rings is 3. The molecule has 7 aromatic rings. The normalized spacial score (nSPS) is 13.8. The minimum atomic E-state index is -0.972. The number of rotatable bonds is 59. The molecule has 0 spiro atoms. The highest BCUT2D eigenvalue weighted by molar-refractivity contribution is 6.14. The van der Waals surface area contributed by atoms with E-state index in [2.05, 4.69) is 56.3 Å². The van der Waals surface area contributed by atoms with Gasteiger partial charge in [-0.25, -0.2) is 4.79 Å². The van der Waals surface area contributed by atoms with Crippen LogP contribution >= 0.6 is 0 Å². The standard InChI is InChI=1S/C87H121N19O24/c1-9-105-68(50-59(5)98-105)82(114)96-85-93-66-52-63(79(88)111)54-70(118-8)77(66)102(85)23-11-12-24-103-78-67(94-86(103)97-83(115)69-51-60(6)99-106(69)10-2)53-64(80(89)112)55-71(78)129-29-13-22-100-25-27-101(28-26-100)87(117)130-57-62-14-16-65(17-15-62)92-81(113)61(7)91-84(116)76(58(3)4)95-72(107)20-30-119-32-34-121-36-38-123-40-42-125-44-46-127-48-49-128-47-45-126-43-41-124-39-37-122-35-33-120-31-21-90-73(108)56-104-74(109)18-19-75(104)110/h11-12,14-19,50-55,58,61,76H,9-10,13,20-49,56-57H2,1-8H3,(H2,88,111)(H2,89,112)(H,90,108)(H,91,116)(H,92,113)(H,95,107)(H,93,96,114)(H,94,97,115)/b12-11+/t61-,76-/m0/s1. The van der Waals surface area contributed by atoms with Crippen LogP contribution in [0.4, 0.5) is 10.5 Å². The number of carbonyl (C=O) groups excluding carboxylic acids is 11. The van der Waals surface area contributed by atoms with Crippen molar-refractivity contribution in [3.8, 4) is 11.5 Å². The van der Waals surface area contributed by atoms with Gasteiger partial charge in [-0.15, -0.1) is 0 Å². The Kier molecular flexibility index (Phi) is 42.0. The number of methoxy groups -OCH3 is 1. The molecule has 9 rings (SSSR count). The average Bonchev–Trinajstić information content (AvgIpc) is 1.62. The molecule has 1 saturated heterocycles. The third-order valence-electron chi connectivity index (χ3n) is 20.2. The van der Waals surface area contributed by atoms with Crippen LogP contribution in [0.25, 0.3) is 22.1 Å². The molecule has 0 bridgehead atoms. The number of amides is 11. The topological polar surface area (TPSA) is 519 Å². The summed E-state index contributed by atoms with van der Waals surface area (Å²) >= 11 is 0. The van der Waals surface area contributed by atoms with E-state index in [9.17, 15) is 52.7 Å². The van der Waals surface area contributed by atoms with Crippen molar-refractivity contribution in [2.45, 2.75) is 106 Å². The van der Waals surface area contributed by atoms with E-state index in [0.717, 1.165) is 17.1 Å². The maximum absolute atomic E-state index is 14.1. The zero-order valence-electron chi connectivity index (χ0n) is 74.9. The van der Waals surface area contributed by atoms with E-state index in [1.54, 1.807) is 106 Å². The number of nitrogens with one attached hydrogen (secondary N) is 6. The lowest BCUT2D eigenvalue weighted by Gasteiger charge is -2.34. The average molecular weight is 1820 g/mol. The molecule has 0 saturated carbocycles. The Labute approximate surface area is 751 Å². The van der Waals surface area contributed by atoms with E-state index < -0.39 is 77.2 Å². The van der Waals surface area contributed by atoms with Crippen LogP contribution in [0.3, 0.4) is 0 Å². The molecule has 3 aromatic carbocycles. The first-order valence-electron chi connectivity index (χ1n) is 43.3. The van der Waals surface area contributed by atoms with E-state index in [1.807, 2.05) is 26.0 Å². The number of carbonyl (C=O) groups is 11. The lowest BCUT2D eigenvalue weighted by Crippen LogP contribution is -2.53. The number of nitrogens with two attached hydrogens (primary N) is 2. The smallest absolute Gasteiger partial charge is 0.410 e. The van der Waals surface area contributed by atoms with E-state index in [4.69, 9.17) is 73.0 Å². The second-order valence-corrected chi connectivity index (χ2v) is 30.2. The second kappa shape index (κ2) is 53.7. The minimum absolute atomic E-state index is 0.00639. The van der Waals surface area contributed by atoms with Crippen molar-refractivity contribution in [2.24, 2.45) is 27.4 Å². The van der Waals surface area contributed by atoms with Crippen molar-refractivity contribution < 1.29 is 114 Å². The second-order valence-electron chi connectivity index (χ2n) is 30.2. The van der Waals surface area contributed by atoms with Crippen molar-refractivity contribution in [1.29, 1.82) is 0 Å². The largest absolute Gasteiger partial charge is 0.494 e. The number of aromatic nitrogens is 8. The van der Waals surface area contributed by atoms with Crippen LogP contribution < -0.4 is 53.4 Å². The number of anilines is 1. The fourth-order valence-electron chi connectivity index (χ4n) is 13.5. The zero-order valence-corrected chi connectivity index (χ0v) is 74.9. The molecular weight excluding hydrogens is 1700 g/mol. The Hall–Kier alpha value is -12.2. The molecule has 6 heterocycles. The maximum atomic E-state index is 14.1. The van der Waals surface area contributed by atoms with Crippen molar-refractivity contribution in [1.82, 2.24) is 69.3 Å². The fourth-order valence-corrected chi connectivity index (χ4v) is 13.5. The molecule has 43 heteroatoms. The van der Waals surface area contributed by atoms with Crippen LogP contribution in [0.1, 0.15) is 106 Å². The quantitative estimate of drug-likeness (QED) is 0.0154. The van der Waals surface area contributed by atoms with E-state index in [-0.39, 0.29) is 123 Å². The van der Waals surface area contributed by atoms with Gasteiger partial charge in [0.2, 0.25) is 46.7 Å². The van der Waals surface area contributed by atoms with Gasteiger partial charge in [0.05, 0.1) is 168 Å². The number of fused-ring (bicyclic) bond motifs is 2. The molecule has 2 aliphatic heterocycles. The molecular formula is C87H121N19O24. The number of aryl methyl sites for hydroxylation is 4. The third kappa shape index (κ3) is 32.2. The number of allylic oxidation sites excluding steroid dienone is 2. The summed E-state index contributed by atoms with van der Waals surface area (Å²) < 4.78 is 79.6. The van der Waals surface area contributed by atoms with Crippen LogP contribution in [-0.4, -0.2) is 322 Å². The number of hydrogen-bond acceptors (Lipinski definition) is 27. The molecule has 43 nitrogen and oxygen atoms in total. The first-order valence-corrected chi connectivity index (χ1v) is 43.3. The molecule has 1 fully saturated rings. The lowest BCUT2D eigenvalue weighted by molar-refractivity contribution is -0.141. The number of imidazole rings is 2. The van der Waals surface area contributed by atoms with Crippen LogP contribution in [0.5, 0.6) is 11.5 Å². The number of aromatic amines is 2. The molecule has 130 heavy (non-hydrogen) atoms. The van der Waals surface area contributed by atoms with Gasteiger partial charge < -0.3 is 118 Å². The highest BCUT2D eigenvalue weighted by Gasteiger charge is 2.30. The fraction of sp³-hybridized carbons (Fsp3) is 0.529. The molecule has 2 atom stereocenters. The molecule has 10 N–H and O–H groups in total. The van der Waals surface area contributed by atoms with Gasteiger partial charge in [-0.2, -0.15) is 20.2 Å². The van der Waals surface area contributed by atoms with Gasteiger partial charge in [0.1, 0.15) is 59.2 Å². The summed E-state index contributed by atoms with van der Waals surface area (Å²) in [4.78, 5) is 161.